The van der Waals surface area contributed by atoms with Crippen molar-refractivity contribution in [1.82, 2.24) is 4.90 Å². The minimum atomic E-state index is -0.784. The number of nitrogens with zero attached hydrogens (tertiary/aromatic N) is 1. The molecule has 0 bridgehead atoms. The maximum absolute atomic E-state index is 11.6. The summed E-state index contributed by atoms with van der Waals surface area (Å²) >= 11 is 0. The van der Waals surface area contributed by atoms with Crippen LogP contribution in [0.2, 0.25) is 0 Å². The molecule has 1 rings (SSSR count). The van der Waals surface area contributed by atoms with Crippen LogP contribution in [0.1, 0.15) is 6.92 Å². The highest BCUT2D eigenvalue weighted by molar-refractivity contribution is 6.39. The van der Waals surface area contributed by atoms with E-state index in [9.17, 15) is 14.4 Å². The lowest BCUT2D eigenvalue weighted by Gasteiger charge is -2.15. The number of aliphatic hydroxyl groups excluding tert-OH is 1. The number of hydrogen-bond acceptors (Lipinski definition) is 4. The zero-order valence-corrected chi connectivity index (χ0v) is 11.3. The van der Waals surface area contributed by atoms with Gasteiger partial charge in [-0.3, -0.25) is 14.4 Å². The van der Waals surface area contributed by atoms with Gasteiger partial charge in [0.25, 0.3) is 0 Å². The highest BCUT2D eigenvalue weighted by Gasteiger charge is 2.18. The third-order valence-electron chi connectivity index (χ3n) is 2.44. The fourth-order valence-electron chi connectivity index (χ4n) is 1.45. The third-order valence-corrected chi connectivity index (χ3v) is 2.44. The second-order valence-corrected chi connectivity index (χ2v) is 4.16. The number of carbonyl (C=O) groups excluding carboxylic acids is 3. The van der Waals surface area contributed by atoms with E-state index in [0.717, 1.165) is 4.90 Å². The third kappa shape index (κ3) is 4.69. The number of hydrogen-bond donors (Lipinski definition) is 3. The largest absolute Gasteiger partial charge is 0.395 e. The van der Waals surface area contributed by atoms with Crippen molar-refractivity contribution in [2.45, 2.75) is 6.92 Å². The van der Waals surface area contributed by atoms with E-state index < -0.39 is 11.8 Å². The summed E-state index contributed by atoms with van der Waals surface area (Å²) < 4.78 is 0. The van der Waals surface area contributed by atoms with Gasteiger partial charge in [-0.1, -0.05) is 0 Å². The molecule has 0 unspecified atom stereocenters. The van der Waals surface area contributed by atoms with Gasteiger partial charge in [0.05, 0.1) is 6.61 Å². The maximum Gasteiger partial charge on any atom is 0.313 e. The molecule has 0 atom stereocenters. The number of aliphatic hydroxyl groups is 1. The smallest absolute Gasteiger partial charge is 0.313 e. The summed E-state index contributed by atoms with van der Waals surface area (Å²) in [6.45, 7) is 1.28. The number of amides is 3. The molecule has 0 aliphatic heterocycles. The predicted molar refractivity (Wildman–Crippen MR) is 74.1 cm³/mol. The van der Waals surface area contributed by atoms with E-state index in [0.29, 0.717) is 11.4 Å². The van der Waals surface area contributed by atoms with Gasteiger partial charge in [-0.05, 0) is 24.3 Å². The number of rotatable bonds is 4. The van der Waals surface area contributed by atoms with Crippen molar-refractivity contribution in [3.05, 3.63) is 24.3 Å². The summed E-state index contributed by atoms with van der Waals surface area (Å²) in [5.74, 6) is -1.71. The molecule has 108 valence electrons. The Morgan fingerprint density at radius 3 is 2.05 bits per heavy atom. The van der Waals surface area contributed by atoms with Crippen LogP contribution in [0.3, 0.4) is 0 Å². The van der Waals surface area contributed by atoms with Crippen LogP contribution in [0.5, 0.6) is 0 Å². The quantitative estimate of drug-likeness (QED) is 0.677. The van der Waals surface area contributed by atoms with Crippen LogP contribution >= 0.6 is 0 Å². The van der Waals surface area contributed by atoms with Crippen molar-refractivity contribution in [3.8, 4) is 0 Å². The topological polar surface area (TPSA) is 98.7 Å². The molecule has 7 heteroatoms. The molecule has 7 nitrogen and oxygen atoms in total. The molecule has 3 amide bonds. The highest BCUT2D eigenvalue weighted by Crippen LogP contribution is 2.13. The van der Waals surface area contributed by atoms with E-state index in [1.54, 1.807) is 24.3 Å². The van der Waals surface area contributed by atoms with Crippen LogP contribution in [-0.4, -0.2) is 47.9 Å². The van der Waals surface area contributed by atoms with Gasteiger partial charge in [0.15, 0.2) is 0 Å². The van der Waals surface area contributed by atoms with Crippen LogP contribution in [0.25, 0.3) is 0 Å². The number of likely N-dealkylation sites (N-methyl/N-ethyl adjacent to an activating group) is 1. The van der Waals surface area contributed by atoms with Crippen LogP contribution < -0.4 is 10.6 Å². The maximum atomic E-state index is 11.6. The summed E-state index contributed by atoms with van der Waals surface area (Å²) in [7, 11) is 1.43. The number of anilines is 2. The molecule has 0 saturated heterocycles. The molecule has 0 aliphatic rings. The molecule has 1 aromatic carbocycles. The summed E-state index contributed by atoms with van der Waals surface area (Å²) in [6, 6.07) is 6.36. The van der Waals surface area contributed by atoms with E-state index in [2.05, 4.69) is 10.6 Å². The first-order chi connectivity index (χ1) is 9.43. The van der Waals surface area contributed by atoms with Gasteiger partial charge in [0.2, 0.25) is 5.91 Å². The summed E-state index contributed by atoms with van der Waals surface area (Å²) in [6.07, 6.45) is 0. The lowest BCUT2D eigenvalue weighted by atomic mass is 10.2. The second kappa shape index (κ2) is 7.25. The molecular formula is C13H17N3O4. The number of benzene rings is 1. The molecule has 0 aliphatic carbocycles. The Hall–Kier alpha value is -2.41. The molecule has 0 saturated carbocycles. The summed E-state index contributed by atoms with van der Waals surface area (Å²) in [5.41, 5.74) is 1.04. The van der Waals surface area contributed by atoms with Crippen LogP contribution in [0, 0.1) is 0 Å². The van der Waals surface area contributed by atoms with Crippen LogP contribution in [0.15, 0.2) is 24.3 Å². The summed E-state index contributed by atoms with van der Waals surface area (Å²) in [4.78, 5) is 35.2. The molecule has 20 heavy (non-hydrogen) atoms. The van der Waals surface area contributed by atoms with E-state index in [1.807, 2.05) is 0 Å². The average molecular weight is 279 g/mol. The highest BCUT2D eigenvalue weighted by atomic mass is 16.3. The monoisotopic (exact) mass is 279 g/mol. The average Bonchev–Trinajstić information content (AvgIpc) is 2.39. The first kappa shape index (κ1) is 15.6. The number of nitrogens with one attached hydrogen (secondary N) is 2. The Morgan fingerprint density at radius 2 is 1.60 bits per heavy atom. The minimum Gasteiger partial charge on any atom is -0.395 e. The Bertz CT molecular complexity index is 499. The Morgan fingerprint density at radius 1 is 1.10 bits per heavy atom. The molecule has 0 heterocycles. The van der Waals surface area contributed by atoms with Crippen molar-refractivity contribution < 1.29 is 19.5 Å². The van der Waals surface area contributed by atoms with Crippen molar-refractivity contribution in [3.63, 3.8) is 0 Å². The van der Waals surface area contributed by atoms with Gasteiger partial charge >= 0.3 is 11.8 Å². The Balaban J connectivity index is 2.62. The first-order valence-electron chi connectivity index (χ1n) is 5.99. The van der Waals surface area contributed by atoms with E-state index >= 15 is 0 Å². The molecule has 0 fully saturated rings. The molecule has 3 N–H and O–H groups in total. The lowest BCUT2D eigenvalue weighted by Crippen LogP contribution is -2.38. The van der Waals surface area contributed by atoms with Gasteiger partial charge in [0, 0.05) is 31.9 Å². The fraction of sp³-hybridized carbons (Fsp3) is 0.308. The first-order valence-corrected chi connectivity index (χ1v) is 5.99. The lowest BCUT2D eigenvalue weighted by molar-refractivity contribution is -0.142. The predicted octanol–water partition coefficient (Wildman–Crippen LogP) is 0.0342. The number of carbonyl (C=O) groups is 3. The molecule has 0 radical (unpaired) electrons. The zero-order valence-electron chi connectivity index (χ0n) is 11.3. The minimum absolute atomic E-state index is 0.0910. The van der Waals surface area contributed by atoms with Gasteiger partial charge in [-0.25, -0.2) is 0 Å². The molecule has 0 spiro atoms. The van der Waals surface area contributed by atoms with Crippen LogP contribution in [-0.2, 0) is 14.4 Å². The van der Waals surface area contributed by atoms with Gasteiger partial charge < -0.3 is 20.6 Å². The zero-order chi connectivity index (χ0) is 15.1. The second-order valence-electron chi connectivity index (χ2n) is 4.16. The van der Waals surface area contributed by atoms with E-state index in [4.69, 9.17) is 5.11 Å². The standard InChI is InChI=1S/C13H17N3O4/c1-9(18)14-10-3-5-11(6-4-10)15-12(19)13(20)16(2)7-8-17/h3-6,17H,7-8H2,1-2H3,(H,14,18)(H,15,19). The van der Waals surface area contributed by atoms with Crippen molar-refractivity contribution in [1.29, 1.82) is 0 Å². The normalized spacial score (nSPS) is 9.75. The van der Waals surface area contributed by atoms with Crippen molar-refractivity contribution in [2.75, 3.05) is 30.8 Å². The molecular weight excluding hydrogens is 262 g/mol. The van der Waals surface area contributed by atoms with Crippen molar-refractivity contribution >= 4 is 29.1 Å². The Labute approximate surface area is 116 Å². The SMILES string of the molecule is CC(=O)Nc1ccc(NC(=O)C(=O)N(C)CCO)cc1. The van der Waals surface area contributed by atoms with Gasteiger partial charge in [-0.15, -0.1) is 0 Å². The van der Waals surface area contributed by atoms with Gasteiger partial charge in [0.1, 0.15) is 0 Å². The van der Waals surface area contributed by atoms with E-state index in [-0.39, 0.29) is 19.1 Å². The fourth-order valence-corrected chi connectivity index (χ4v) is 1.45. The molecule has 0 aromatic heterocycles. The molecule has 1 aromatic rings. The van der Waals surface area contributed by atoms with Gasteiger partial charge in [-0.2, -0.15) is 0 Å². The van der Waals surface area contributed by atoms with E-state index in [1.165, 1.54) is 14.0 Å². The Kier molecular flexibility index (Phi) is 5.67. The van der Waals surface area contributed by atoms with Crippen molar-refractivity contribution in [2.24, 2.45) is 0 Å². The van der Waals surface area contributed by atoms with Crippen LogP contribution in [0.4, 0.5) is 11.4 Å². The summed E-state index contributed by atoms with van der Waals surface area (Å²) in [5, 5.41) is 13.7.